The highest BCUT2D eigenvalue weighted by atomic mass is 16.5. The molecule has 1 N–H and O–H groups in total. The van der Waals surface area contributed by atoms with Gasteiger partial charge in [-0.15, -0.1) is 0 Å². The normalized spacial score (nSPS) is 12.8. The lowest BCUT2D eigenvalue weighted by Gasteiger charge is -2.38. The van der Waals surface area contributed by atoms with Gasteiger partial charge in [0.05, 0.1) is 0 Å². The van der Waals surface area contributed by atoms with Crippen LogP contribution in [0, 0.1) is 0 Å². The highest BCUT2D eigenvalue weighted by Gasteiger charge is 2.42. The van der Waals surface area contributed by atoms with Crippen molar-refractivity contribution in [3.05, 3.63) is 108 Å². The number of aliphatic hydroxyl groups excluding tert-OH is 1. The molecule has 0 unspecified atom stereocenters. The third-order valence-corrected chi connectivity index (χ3v) is 4.23. The largest absolute Gasteiger partial charge is 0.385 e. The van der Waals surface area contributed by atoms with Gasteiger partial charge in [-0.2, -0.15) is 0 Å². The summed E-state index contributed by atoms with van der Waals surface area (Å²) in [6.07, 6.45) is -0.821. The monoisotopic (exact) mass is 304 g/mol. The first-order valence-electron chi connectivity index (χ1n) is 7.68. The van der Waals surface area contributed by atoms with E-state index >= 15 is 0 Å². The summed E-state index contributed by atoms with van der Waals surface area (Å²) in [5.41, 5.74) is 1.71. The first kappa shape index (κ1) is 15.5. The number of ether oxygens (including phenoxy) is 1. The summed E-state index contributed by atoms with van der Waals surface area (Å²) in [6.45, 7) is 0. The minimum Gasteiger partial charge on any atom is -0.385 e. The molecule has 0 heterocycles. The number of hydrogen-bond donors (Lipinski definition) is 1. The van der Waals surface area contributed by atoms with Crippen LogP contribution in [0.1, 0.15) is 22.8 Å². The smallest absolute Gasteiger partial charge is 0.148 e. The molecule has 0 amide bonds. The van der Waals surface area contributed by atoms with Crippen LogP contribution in [0.4, 0.5) is 0 Å². The van der Waals surface area contributed by atoms with Crippen LogP contribution >= 0.6 is 0 Å². The maximum atomic E-state index is 11.2. The Kier molecular flexibility index (Phi) is 4.56. The molecule has 0 saturated heterocycles. The van der Waals surface area contributed by atoms with Crippen molar-refractivity contribution in [1.82, 2.24) is 0 Å². The molecule has 3 aromatic carbocycles. The van der Waals surface area contributed by atoms with E-state index in [1.54, 1.807) is 7.11 Å². The molecule has 0 aliphatic rings. The summed E-state index contributed by atoms with van der Waals surface area (Å²) in [4.78, 5) is 0. The predicted molar refractivity (Wildman–Crippen MR) is 92.1 cm³/mol. The maximum Gasteiger partial charge on any atom is 0.148 e. The number of benzene rings is 3. The Hall–Kier alpha value is -2.42. The van der Waals surface area contributed by atoms with Crippen LogP contribution in [0.15, 0.2) is 91.0 Å². The zero-order chi connectivity index (χ0) is 16.1. The van der Waals surface area contributed by atoms with Gasteiger partial charge >= 0.3 is 0 Å². The summed E-state index contributed by atoms with van der Waals surface area (Å²) in [6, 6.07) is 29.4. The predicted octanol–water partition coefficient (Wildman–Crippen LogP) is 4.31. The Morgan fingerprint density at radius 1 is 0.696 bits per heavy atom. The van der Waals surface area contributed by atoms with Crippen molar-refractivity contribution >= 4 is 0 Å². The molecule has 3 aromatic rings. The van der Waals surface area contributed by atoms with Crippen molar-refractivity contribution in [3.8, 4) is 0 Å². The van der Waals surface area contributed by atoms with E-state index in [-0.39, 0.29) is 0 Å². The first-order valence-corrected chi connectivity index (χ1v) is 7.68. The van der Waals surface area contributed by atoms with Crippen LogP contribution in [-0.4, -0.2) is 12.2 Å². The maximum absolute atomic E-state index is 11.2. The Morgan fingerprint density at radius 3 is 1.48 bits per heavy atom. The summed E-state index contributed by atoms with van der Waals surface area (Å²) >= 11 is 0. The van der Waals surface area contributed by atoms with Gasteiger partial charge in [-0.05, 0) is 16.7 Å². The van der Waals surface area contributed by atoms with Crippen molar-refractivity contribution in [2.24, 2.45) is 0 Å². The van der Waals surface area contributed by atoms with Gasteiger partial charge in [-0.1, -0.05) is 91.0 Å². The molecule has 0 bridgehead atoms. The molecule has 0 spiro atoms. The quantitative estimate of drug-likeness (QED) is 0.761. The Balaban J connectivity index is 2.21. The molecule has 0 radical (unpaired) electrons. The average Bonchev–Trinajstić information content (AvgIpc) is 2.65. The second kappa shape index (κ2) is 6.78. The SMILES string of the molecule is COC(c1ccccc1)(c1ccccc1)[C@@H](O)c1ccccc1. The Labute approximate surface area is 137 Å². The summed E-state index contributed by atoms with van der Waals surface area (Å²) in [7, 11) is 1.64. The van der Waals surface area contributed by atoms with Crippen molar-refractivity contribution in [2.45, 2.75) is 11.7 Å². The molecule has 0 aromatic heterocycles. The number of rotatable bonds is 5. The topological polar surface area (TPSA) is 29.5 Å². The Morgan fingerprint density at radius 2 is 1.09 bits per heavy atom. The number of hydrogen-bond acceptors (Lipinski definition) is 2. The fraction of sp³-hybridized carbons (Fsp3) is 0.143. The van der Waals surface area contributed by atoms with E-state index in [4.69, 9.17) is 4.74 Å². The van der Waals surface area contributed by atoms with Crippen molar-refractivity contribution in [2.75, 3.05) is 7.11 Å². The summed E-state index contributed by atoms with van der Waals surface area (Å²) in [5.74, 6) is 0. The molecule has 116 valence electrons. The lowest BCUT2D eigenvalue weighted by atomic mass is 9.78. The third kappa shape index (κ3) is 2.79. The van der Waals surface area contributed by atoms with Crippen molar-refractivity contribution < 1.29 is 9.84 Å². The van der Waals surface area contributed by atoms with E-state index in [2.05, 4.69) is 0 Å². The minimum atomic E-state index is -0.954. The second-order valence-electron chi connectivity index (χ2n) is 5.49. The number of methoxy groups -OCH3 is 1. The van der Waals surface area contributed by atoms with Crippen LogP contribution in [0.25, 0.3) is 0 Å². The van der Waals surface area contributed by atoms with Gasteiger partial charge in [-0.3, -0.25) is 0 Å². The molecule has 23 heavy (non-hydrogen) atoms. The lowest BCUT2D eigenvalue weighted by molar-refractivity contribution is -0.0817. The molecule has 0 fully saturated rings. The van der Waals surface area contributed by atoms with Crippen LogP contribution in [-0.2, 0) is 10.3 Å². The zero-order valence-electron chi connectivity index (χ0n) is 13.1. The highest BCUT2D eigenvalue weighted by Crippen LogP contribution is 2.43. The Bertz CT molecular complexity index is 684. The van der Waals surface area contributed by atoms with E-state index in [9.17, 15) is 5.11 Å². The van der Waals surface area contributed by atoms with Gasteiger partial charge < -0.3 is 9.84 Å². The van der Waals surface area contributed by atoms with Crippen LogP contribution in [0.3, 0.4) is 0 Å². The standard InChI is InChI=1S/C21H20O2/c1-23-21(18-13-7-3-8-14-18,19-15-9-4-10-16-19)20(22)17-11-5-2-6-12-17/h2-16,20,22H,1H3/t20-/m0/s1. The van der Waals surface area contributed by atoms with E-state index < -0.39 is 11.7 Å². The van der Waals surface area contributed by atoms with Gasteiger partial charge in [0.15, 0.2) is 0 Å². The first-order chi connectivity index (χ1) is 11.3. The molecular formula is C21H20O2. The zero-order valence-corrected chi connectivity index (χ0v) is 13.1. The van der Waals surface area contributed by atoms with Gasteiger partial charge in [0.1, 0.15) is 11.7 Å². The summed E-state index contributed by atoms with van der Waals surface area (Å²) < 4.78 is 5.98. The molecular weight excluding hydrogens is 284 g/mol. The van der Waals surface area contributed by atoms with Gasteiger partial charge in [-0.25, -0.2) is 0 Å². The lowest BCUT2D eigenvalue weighted by Crippen LogP contribution is -2.37. The summed E-state index contributed by atoms with van der Waals surface area (Å²) in [5, 5.41) is 11.2. The van der Waals surface area contributed by atoms with E-state index in [0.29, 0.717) is 0 Å². The molecule has 2 heteroatoms. The van der Waals surface area contributed by atoms with Gasteiger partial charge in [0.25, 0.3) is 0 Å². The van der Waals surface area contributed by atoms with Gasteiger partial charge in [0.2, 0.25) is 0 Å². The molecule has 0 aliphatic carbocycles. The third-order valence-electron chi connectivity index (χ3n) is 4.23. The highest BCUT2D eigenvalue weighted by molar-refractivity contribution is 5.40. The molecule has 1 atom stereocenters. The van der Waals surface area contributed by atoms with Crippen molar-refractivity contribution in [1.29, 1.82) is 0 Å². The fourth-order valence-electron chi connectivity index (χ4n) is 3.07. The van der Waals surface area contributed by atoms with Crippen LogP contribution < -0.4 is 0 Å². The second-order valence-corrected chi connectivity index (χ2v) is 5.49. The average molecular weight is 304 g/mol. The molecule has 2 nitrogen and oxygen atoms in total. The van der Waals surface area contributed by atoms with Crippen LogP contribution in [0.5, 0.6) is 0 Å². The molecule has 0 aliphatic heterocycles. The van der Waals surface area contributed by atoms with Crippen molar-refractivity contribution in [3.63, 3.8) is 0 Å². The van der Waals surface area contributed by atoms with Crippen LogP contribution in [0.2, 0.25) is 0 Å². The molecule has 0 saturated carbocycles. The van der Waals surface area contributed by atoms with E-state index in [1.165, 1.54) is 0 Å². The van der Waals surface area contributed by atoms with E-state index in [1.807, 2.05) is 91.0 Å². The molecule has 3 rings (SSSR count). The van der Waals surface area contributed by atoms with Gasteiger partial charge in [0, 0.05) is 7.11 Å². The fourth-order valence-corrected chi connectivity index (χ4v) is 3.07. The van der Waals surface area contributed by atoms with E-state index in [0.717, 1.165) is 16.7 Å². The minimum absolute atomic E-state index is 0.821. The number of aliphatic hydroxyl groups is 1.